The first-order valence-corrected chi connectivity index (χ1v) is 11.9. The minimum Gasteiger partial charge on any atom is -0.357 e. The van der Waals surface area contributed by atoms with Gasteiger partial charge < -0.3 is 15.2 Å². The fourth-order valence-electron chi connectivity index (χ4n) is 3.16. The van der Waals surface area contributed by atoms with E-state index in [2.05, 4.69) is 20.6 Å². The zero-order chi connectivity index (χ0) is 22.3. The normalized spacial score (nSPS) is 11.7. The molecule has 2 aromatic carbocycles. The minimum atomic E-state index is -3.24. The average Bonchev–Trinajstić information content (AvgIpc) is 3.26. The van der Waals surface area contributed by atoms with Crippen LogP contribution in [0.25, 0.3) is 5.69 Å². The highest BCUT2D eigenvalue weighted by Crippen LogP contribution is 2.16. The second kappa shape index (κ2) is 12.0. The monoisotopic (exact) mass is 571 g/mol. The first kappa shape index (κ1) is 25.8. The van der Waals surface area contributed by atoms with E-state index in [0.717, 1.165) is 17.5 Å². The number of nitrogens with zero attached hydrogens (tertiary/aromatic N) is 3. The van der Waals surface area contributed by atoms with Crippen LogP contribution in [-0.4, -0.2) is 36.7 Å². The Kier molecular flexibility index (Phi) is 9.63. The highest BCUT2D eigenvalue weighted by Gasteiger charge is 2.11. The van der Waals surface area contributed by atoms with Gasteiger partial charge in [-0.15, -0.1) is 24.0 Å². The Bertz CT molecular complexity index is 1150. The number of guanidine groups is 1. The third-order valence-corrected chi connectivity index (χ3v) is 5.39. The SMILES string of the molecule is CCNC(=NCc1cc(F)ccc1CS(C)(=O)=O)NCc1ccccc1-n1ccnc1.I. The molecule has 0 aliphatic rings. The topological polar surface area (TPSA) is 88.4 Å². The lowest BCUT2D eigenvalue weighted by molar-refractivity contribution is 0.600. The third kappa shape index (κ3) is 7.59. The van der Waals surface area contributed by atoms with Crippen molar-refractivity contribution < 1.29 is 12.8 Å². The van der Waals surface area contributed by atoms with E-state index in [9.17, 15) is 12.8 Å². The van der Waals surface area contributed by atoms with Gasteiger partial charge in [-0.05, 0) is 41.8 Å². The van der Waals surface area contributed by atoms with Crippen molar-refractivity contribution in [3.05, 3.63) is 83.7 Å². The van der Waals surface area contributed by atoms with Gasteiger partial charge in [0.05, 0.1) is 24.3 Å². The number of para-hydroxylation sites is 1. The number of halogens is 2. The van der Waals surface area contributed by atoms with Crippen molar-refractivity contribution in [2.45, 2.75) is 25.8 Å². The Labute approximate surface area is 205 Å². The molecule has 0 aliphatic carbocycles. The van der Waals surface area contributed by atoms with E-state index in [1.165, 1.54) is 18.2 Å². The summed E-state index contributed by atoms with van der Waals surface area (Å²) in [6.45, 7) is 3.27. The highest BCUT2D eigenvalue weighted by atomic mass is 127. The van der Waals surface area contributed by atoms with Gasteiger partial charge >= 0.3 is 0 Å². The van der Waals surface area contributed by atoms with Gasteiger partial charge in [-0.25, -0.2) is 22.8 Å². The van der Waals surface area contributed by atoms with Crippen LogP contribution in [0.5, 0.6) is 0 Å². The molecule has 3 aromatic rings. The van der Waals surface area contributed by atoms with Crippen LogP contribution in [0.2, 0.25) is 0 Å². The van der Waals surface area contributed by atoms with Crippen LogP contribution in [0.4, 0.5) is 4.39 Å². The van der Waals surface area contributed by atoms with Gasteiger partial charge in [0.25, 0.3) is 0 Å². The first-order chi connectivity index (χ1) is 14.9. The van der Waals surface area contributed by atoms with Gasteiger partial charge in [-0.3, -0.25) is 0 Å². The summed E-state index contributed by atoms with van der Waals surface area (Å²) in [7, 11) is -3.24. The fourth-order valence-corrected chi connectivity index (χ4v) is 4.01. The van der Waals surface area contributed by atoms with E-state index in [1.54, 1.807) is 12.5 Å². The molecule has 0 radical (unpaired) electrons. The summed E-state index contributed by atoms with van der Waals surface area (Å²) in [4.78, 5) is 8.64. The molecule has 0 aliphatic heterocycles. The summed E-state index contributed by atoms with van der Waals surface area (Å²) >= 11 is 0. The maximum atomic E-state index is 13.8. The number of rotatable bonds is 8. The predicted molar refractivity (Wildman–Crippen MR) is 136 cm³/mol. The summed E-state index contributed by atoms with van der Waals surface area (Å²) in [5.74, 6) is -0.0208. The smallest absolute Gasteiger partial charge is 0.191 e. The molecule has 7 nitrogen and oxygen atoms in total. The molecule has 0 unspecified atom stereocenters. The van der Waals surface area contributed by atoms with Gasteiger partial charge in [-0.2, -0.15) is 0 Å². The molecule has 172 valence electrons. The molecule has 0 amide bonds. The number of imidazole rings is 1. The fraction of sp³-hybridized carbons (Fsp3) is 0.273. The van der Waals surface area contributed by atoms with E-state index in [-0.39, 0.29) is 36.3 Å². The molecule has 10 heteroatoms. The molecule has 1 aromatic heterocycles. The number of aromatic nitrogens is 2. The van der Waals surface area contributed by atoms with E-state index >= 15 is 0 Å². The lowest BCUT2D eigenvalue weighted by atomic mass is 10.1. The molecule has 2 N–H and O–H groups in total. The van der Waals surface area contributed by atoms with E-state index in [4.69, 9.17) is 0 Å². The minimum absolute atomic E-state index is 0. The van der Waals surface area contributed by atoms with Crippen LogP contribution in [0.1, 0.15) is 23.6 Å². The van der Waals surface area contributed by atoms with Gasteiger partial charge in [0.2, 0.25) is 0 Å². The Hall–Kier alpha value is -2.47. The quantitative estimate of drug-likeness (QED) is 0.246. The van der Waals surface area contributed by atoms with Crippen LogP contribution < -0.4 is 10.6 Å². The number of hydrogen-bond acceptors (Lipinski definition) is 4. The maximum Gasteiger partial charge on any atom is 0.191 e. The summed E-state index contributed by atoms with van der Waals surface area (Å²) in [6, 6.07) is 12.1. The number of aliphatic imine (C=N–C) groups is 1. The van der Waals surface area contributed by atoms with Crippen molar-refractivity contribution in [3.63, 3.8) is 0 Å². The summed E-state index contributed by atoms with van der Waals surface area (Å²) in [5.41, 5.74) is 3.15. The summed E-state index contributed by atoms with van der Waals surface area (Å²) in [5, 5.41) is 6.45. The molecule has 1 heterocycles. The molecule has 0 spiro atoms. The molecule has 0 saturated heterocycles. The van der Waals surface area contributed by atoms with Gasteiger partial charge in [0.1, 0.15) is 5.82 Å². The van der Waals surface area contributed by atoms with Crippen LogP contribution in [0.3, 0.4) is 0 Å². The Morgan fingerprint density at radius 2 is 1.91 bits per heavy atom. The second-order valence-electron chi connectivity index (χ2n) is 7.13. The van der Waals surface area contributed by atoms with E-state index < -0.39 is 15.7 Å². The van der Waals surface area contributed by atoms with Gasteiger partial charge in [-0.1, -0.05) is 24.3 Å². The Balaban J connectivity index is 0.00000363. The van der Waals surface area contributed by atoms with Crippen molar-refractivity contribution >= 4 is 39.8 Å². The molecule has 32 heavy (non-hydrogen) atoms. The van der Waals surface area contributed by atoms with Crippen LogP contribution in [-0.2, 0) is 28.7 Å². The maximum absolute atomic E-state index is 13.8. The van der Waals surface area contributed by atoms with Crippen LogP contribution in [0, 0.1) is 5.82 Å². The lowest BCUT2D eigenvalue weighted by Gasteiger charge is -2.15. The molecule has 3 rings (SSSR count). The van der Waals surface area contributed by atoms with Crippen LogP contribution in [0.15, 0.2) is 66.2 Å². The zero-order valence-electron chi connectivity index (χ0n) is 18.0. The molecular formula is C22H27FIN5O2S. The van der Waals surface area contributed by atoms with Crippen molar-refractivity contribution in [1.82, 2.24) is 20.2 Å². The van der Waals surface area contributed by atoms with Crippen molar-refractivity contribution in [2.75, 3.05) is 12.8 Å². The molecule has 0 atom stereocenters. The van der Waals surface area contributed by atoms with E-state index in [0.29, 0.717) is 30.2 Å². The highest BCUT2D eigenvalue weighted by molar-refractivity contribution is 14.0. The van der Waals surface area contributed by atoms with Gasteiger partial charge in [0, 0.05) is 31.7 Å². The molecular weight excluding hydrogens is 544 g/mol. The molecule has 0 fully saturated rings. The summed E-state index contributed by atoms with van der Waals surface area (Å²) in [6.07, 6.45) is 6.51. The zero-order valence-corrected chi connectivity index (χ0v) is 21.1. The van der Waals surface area contributed by atoms with Crippen molar-refractivity contribution in [2.24, 2.45) is 4.99 Å². The number of nitrogens with one attached hydrogen (secondary N) is 2. The summed E-state index contributed by atoms with van der Waals surface area (Å²) < 4.78 is 39.1. The second-order valence-corrected chi connectivity index (χ2v) is 9.27. The van der Waals surface area contributed by atoms with E-state index in [1.807, 2.05) is 42.0 Å². The predicted octanol–water partition coefficient (Wildman–Crippen LogP) is 3.43. The van der Waals surface area contributed by atoms with Gasteiger partial charge in [0.15, 0.2) is 15.8 Å². The van der Waals surface area contributed by atoms with Crippen molar-refractivity contribution in [3.8, 4) is 5.69 Å². The average molecular weight is 571 g/mol. The van der Waals surface area contributed by atoms with Crippen molar-refractivity contribution in [1.29, 1.82) is 0 Å². The number of benzene rings is 2. The molecule has 0 saturated carbocycles. The largest absolute Gasteiger partial charge is 0.357 e. The standard InChI is InChI=1S/C22H26FN5O2S.HI/c1-3-25-22(26-13-17-6-4-5-7-21(17)28-11-10-24-16-28)27-14-19-12-20(23)9-8-18(19)15-31(2,29)30;/h4-12,16H,3,13-15H2,1-2H3,(H2,25,26,27);1H. The third-order valence-electron chi connectivity index (χ3n) is 4.56. The molecule has 0 bridgehead atoms. The Morgan fingerprint density at radius 1 is 1.12 bits per heavy atom. The lowest BCUT2D eigenvalue weighted by Crippen LogP contribution is -2.37. The van der Waals surface area contributed by atoms with Crippen LogP contribution >= 0.6 is 24.0 Å². The Morgan fingerprint density at radius 3 is 2.59 bits per heavy atom. The number of sulfone groups is 1. The number of hydrogen-bond donors (Lipinski definition) is 2. The first-order valence-electron chi connectivity index (χ1n) is 9.89.